The zero-order chi connectivity index (χ0) is 44.9. The first kappa shape index (κ1) is 38.2. The van der Waals surface area contributed by atoms with Crippen molar-refractivity contribution in [1.29, 1.82) is 0 Å². The average molecular weight is 839 g/mol. The summed E-state index contributed by atoms with van der Waals surface area (Å²) in [5, 5.41) is 20.6. The molecule has 0 spiro atoms. The molecule has 2 aliphatic rings. The average Bonchev–Trinajstić information content (AvgIpc) is 3.83. The lowest BCUT2D eigenvalue weighted by atomic mass is 9.89. The second kappa shape index (κ2) is 13.6. The molecule has 0 bridgehead atoms. The maximum atomic E-state index is 7.41. The number of rotatable bonds is 0. The molecule has 2 heteroatoms. The second-order valence-corrected chi connectivity index (χ2v) is 18.9. The number of hydrogen-bond donors (Lipinski definition) is 0. The van der Waals surface area contributed by atoms with Gasteiger partial charge < -0.3 is 0 Å². The molecule has 2 aliphatic carbocycles. The van der Waals surface area contributed by atoms with Crippen LogP contribution in [0.1, 0.15) is 33.4 Å². The predicted molar refractivity (Wildman–Crippen MR) is 283 cm³/mol. The largest absolute Gasteiger partial charge is 0.238 e. The minimum Gasteiger partial charge on any atom is -0.238 e. The molecule has 0 N–H and O–H groups in total. The van der Waals surface area contributed by atoms with Gasteiger partial charge in [0.05, 0.1) is 13.1 Å². The molecule has 0 amide bonds. The predicted octanol–water partition coefficient (Wildman–Crippen LogP) is 18.8. The Balaban J connectivity index is 0.000000132. The molecule has 0 aromatic heterocycles. The first-order valence-electron chi connectivity index (χ1n) is 22.8. The molecule has 0 fully saturated rings. The molecule has 12 aromatic carbocycles. The van der Waals surface area contributed by atoms with E-state index in [-0.39, 0.29) is 0 Å². The first-order valence-corrected chi connectivity index (χ1v) is 22.8. The highest BCUT2D eigenvalue weighted by Gasteiger charge is 2.25. The lowest BCUT2D eigenvalue weighted by Crippen LogP contribution is -1.89. The number of nitrogens with zero attached hydrogens (tertiary/aromatic N) is 2. The number of aryl methyl sites for hydroxylation is 6. The molecule has 0 aliphatic heterocycles. The molecule has 2 nitrogen and oxygen atoms in total. The molecule has 12 aromatic rings. The zero-order valence-electron chi connectivity index (χ0n) is 37.8. The van der Waals surface area contributed by atoms with Crippen molar-refractivity contribution in [2.75, 3.05) is 0 Å². The summed E-state index contributed by atoms with van der Waals surface area (Å²) in [5.41, 5.74) is 19.8. The van der Waals surface area contributed by atoms with E-state index in [0.717, 1.165) is 0 Å². The van der Waals surface area contributed by atoms with Crippen LogP contribution in [0.4, 0.5) is 11.4 Å². The molecule has 0 atom stereocenters. The molecule has 0 saturated heterocycles. The summed E-state index contributed by atoms with van der Waals surface area (Å²) in [6.07, 6.45) is 0. The quantitative estimate of drug-likeness (QED) is 0.106. The molecule has 308 valence electrons. The van der Waals surface area contributed by atoms with Gasteiger partial charge in [-0.25, -0.2) is 9.69 Å². The van der Waals surface area contributed by atoms with Gasteiger partial charge in [0.1, 0.15) is 0 Å². The van der Waals surface area contributed by atoms with Crippen LogP contribution < -0.4 is 0 Å². The van der Waals surface area contributed by atoms with E-state index in [1.165, 1.54) is 164 Å². The van der Waals surface area contributed by atoms with E-state index in [0.29, 0.717) is 11.4 Å². The Labute approximate surface area is 383 Å². The normalized spacial score (nSPS) is 12.1. The topological polar surface area (TPSA) is 8.72 Å². The maximum Gasteiger partial charge on any atom is 0.187 e. The van der Waals surface area contributed by atoms with E-state index in [4.69, 9.17) is 13.1 Å². The van der Waals surface area contributed by atoms with E-state index in [1.807, 2.05) is 24.3 Å². The van der Waals surface area contributed by atoms with Crippen LogP contribution >= 0.6 is 0 Å². The van der Waals surface area contributed by atoms with Crippen molar-refractivity contribution in [3.63, 3.8) is 0 Å². The van der Waals surface area contributed by atoms with Crippen LogP contribution in [-0.2, 0) is 0 Å². The fourth-order valence-electron chi connectivity index (χ4n) is 11.9. The molecule has 0 unspecified atom stereocenters. The van der Waals surface area contributed by atoms with Gasteiger partial charge in [-0.2, -0.15) is 0 Å². The monoisotopic (exact) mass is 838 g/mol. The van der Waals surface area contributed by atoms with Gasteiger partial charge in [0.25, 0.3) is 0 Å². The third kappa shape index (κ3) is 5.16. The third-order valence-electron chi connectivity index (χ3n) is 15.1. The molecular weight excluding hydrogens is 797 g/mol. The molecule has 0 radical (unpaired) electrons. The van der Waals surface area contributed by atoms with Gasteiger partial charge in [-0.05, 0) is 242 Å². The minimum atomic E-state index is 0.696. The summed E-state index contributed by atoms with van der Waals surface area (Å²) < 4.78 is 0. The van der Waals surface area contributed by atoms with Crippen molar-refractivity contribution in [2.45, 2.75) is 41.5 Å². The van der Waals surface area contributed by atoms with Crippen LogP contribution in [0.25, 0.3) is 140 Å². The van der Waals surface area contributed by atoms with Gasteiger partial charge in [-0.1, -0.05) is 109 Å². The van der Waals surface area contributed by atoms with E-state index >= 15 is 0 Å². The lowest BCUT2D eigenvalue weighted by molar-refractivity contribution is 1.53. The summed E-state index contributed by atoms with van der Waals surface area (Å²) in [6.45, 7) is 28.0. The van der Waals surface area contributed by atoms with Crippen LogP contribution in [0.3, 0.4) is 0 Å². The van der Waals surface area contributed by atoms with E-state index in [1.54, 1.807) is 0 Å². The summed E-state index contributed by atoms with van der Waals surface area (Å²) in [7, 11) is 0. The summed E-state index contributed by atoms with van der Waals surface area (Å²) >= 11 is 0. The highest BCUT2D eigenvalue weighted by Crippen LogP contribution is 2.52. The highest BCUT2D eigenvalue weighted by molar-refractivity contribution is 6.26. The SMILES string of the molecule is [C-]#[N+]c1ccc2c(c1)c(C)cc1c3cc4c(cc3c(C)cc21)-c1ccc(C)c2cccc-4c12.[C-]#[N+]c1ccc2c(c1)c(C)cc1c3cc4c(cc3c(C)cc21)-c1cccc2c(C)ccc-4c12. The fraction of sp³-hybridized carbons (Fsp3) is 0.0938. The first-order chi connectivity index (χ1) is 32.1. The minimum absolute atomic E-state index is 0.696. The van der Waals surface area contributed by atoms with Crippen LogP contribution in [-0.4, -0.2) is 0 Å². The summed E-state index contributed by atoms with van der Waals surface area (Å²) in [4.78, 5) is 7.29. The van der Waals surface area contributed by atoms with Crippen LogP contribution in [0.5, 0.6) is 0 Å². The number of hydrogen-bond acceptors (Lipinski definition) is 0. The second-order valence-electron chi connectivity index (χ2n) is 18.9. The van der Waals surface area contributed by atoms with Crippen molar-refractivity contribution in [2.24, 2.45) is 0 Å². The summed E-state index contributed by atoms with van der Waals surface area (Å²) in [6, 6.07) is 53.6. The van der Waals surface area contributed by atoms with E-state index in [2.05, 4.69) is 173 Å². The van der Waals surface area contributed by atoms with Crippen LogP contribution in [0, 0.1) is 54.7 Å². The Morgan fingerprint density at radius 3 is 0.939 bits per heavy atom. The number of benzene rings is 12. The van der Waals surface area contributed by atoms with Gasteiger partial charge >= 0.3 is 0 Å². The van der Waals surface area contributed by atoms with Crippen molar-refractivity contribution in [3.05, 3.63) is 202 Å². The van der Waals surface area contributed by atoms with Crippen molar-refractivity contribution in [1.82, 2.24) is 0 Å². The molecule has 0 saturated carbocycles. The van der Waals surface area contributed by atoms with Gasteiger partial charge in [0.2, 0.25) is 0 Å². The Morgan fingerprint density at radius 2 is 0.561 bits per heavy atom. The summed E-state index contributed by atoms with van der Waals surface area (Å²) in [5.74, 6) is 0. The Kier molecular flexibility index (Phi) is 7.87. The van der Waals surface area contributed by atoms with Gasteiger partial charge in [0, 0.05) is 0 Å². The van der Waals surface area contributed by atoms with Crippen molar-refractivity contribution >= 4 is 97.6 Å². The fourth-order valence-corrected chi connectivity index (χ4v) is 11.9. The molecule has 14 rings (SSSR count). The molecule has 0 heterocycles. The highest BCUT2D eigenvalue weighted by atomic mass is 14.6. The van der Waals surface area contributed by atoms with Crippen molar-refractivity contribution in [3.8, 4) is 44.5 Å². The Bertz CT molecular complexity index is 4130. The molecule has 66 heavy (non-hydrogen) atoms. The van der Waals surface area contributed by atoms with E-state index < -0.39 is 0 Å². The van der Waals surface area contributed by atoms with Crippen molar-refractivity contribution < 1.29 is 0 Å². The smallest absolute Gasteiger partial charge is 0.187 e. The molecular formula is C64H42N2. The lowest BCUT2D eigenvalue weighted by Gasteiger charge is -2.15. The maximum absolute atomic E-state index is 7.41. The zero-order valence-corrected chi connectivity index (χ0v) is 37.8. The Hall–Kier alpha value is -8.30. The van der Waals surface area contributed by atoms with Crippen LogP contribution in [0.15, 0.2) is 146 Å². The third-order valence-corrected chi connectivity index (χ3v) is 15.1. The van der Waals surface area contributed by atoms with Gasteiger partial charge in [-0.15, -0.1) is 0 Å². The van der Waals surface area contributed by atoms with Gasteiger partial charge in [0.15, 0.2) is 11.4 Å². The standard InChI is InChI=1S/2C32H21N/c1-17-8-10-24-29-15-26-19(3)12-27-22-11-9-20(33-4)14-25(22)18(2)13-28(27)31(26)16-30(29)23-7-5-6-21(17)32(23)24;1-17-8-10-24-30-16-31-26(15-29(30)23-7-5-6-21(17)32(23)24)19(3)12-27-22-11-9-20(33-4)14-25(22)18(2)13-28(27)31/h2*5-16H,1-3H3. The van der Waals surface area contributed by atoms with Gasteiger partial charge in [-0.3, -0.25) is 0 Å². The van der Waals surface area contributed by atoms with E-state index in [9.17, 15) is 0 Å². The Morgan fingerprint density at radius 1 is 0.242 bits per heavy atom. The van der Waals surface area contributed by atoms with Crippen LogP contribution in [0.2, 0.25) is 0 Å². The number of fused-ring (bicyclic) bond motifs is 16.